The third-order valence-corrected chi connectivity index (χ3v) is 2.97. The molecule has 0 spiro atoms. The minimum absolute atomic E-state index is 0.299. The SMILES string of the molecule is Cc1cc(I)cnc1NC(=O)c1ccc(F)cc1. The van der Waals surface area contributed by atoms with Gasteiger partial charge in [-0.3, -0.25) is 4.79 Å². The number of carbonyl (C=O) groups is 1. The summed E-state index contributed by atoms with van der Waals surface area (Å²) in [5.74, 6) is -0.147. The second kappa shape index (κ2) is 5.43. The summed E-state index contributed by atoms with van der Waals surface area (Å²) in [7, 11) is 0. The summed E-state index contributed by atoms with van der Waals surface area (Å²) < 4.78 is 13.7. The first-order chi connectivity index (χ1) is 8.56. The second-order valence-electron chi connectivity index (χ2n) is 3.78. The maximum Gasteiger partial charge on any atom is 0.256 e. The van der Waals surface area contributed by atoms with Crippen molar-refractivity contribution in [3.63, 3.8) is 0 Å². The summed E-state index contributed by atoms with van der Waals surface area (Å²) in [6.07, 6.45) is 1.67. The highest BCUT2D eigenvalue weighted by molar-refractivity contribution is 14.1. The highest BCUT2D eigenvalue weighted by Crippen LogP contribution is 2.15. The molecule has 1 aromatic carbocycles. The third-order valence-electron chi connectivity index (χ3n) is 2.38. The number of nitrogens with one attached hydrogen (secondary N) is 1. The van der Waals surface area contributed by atoms with Crippen LogP contribution in [0.25, 0.3) is 0 Å². The van der Waals surface area contributed by atoms with E-state index in [4.69, 9.17) is 0 Å². The van der Waals surface area contributed by atoms with Crippen LogP contribution in [-0.2, 0) is 0 Å². The Kier molecular flexibility index (Phi) is 3.90. The minimum Gasteiger partial charge on any atom is -0.306 e. The maximum absolute atomic E-state index is 12.7. The average Bonchev–Trinajstić information content (AvgIpc) is 2.33. The Hall–Kier alpha value is -1.50. The van der Waals surface area contributed by atoms with Gasteiger partial charge in [-0.1, -0.05) is 0 Å². The molecule has 2 rings (SSSR count). The fourth-order valence-corrected chi connectivity index (χ4v) is 2.06. The van der Waals surface area contributed by atoms with Crippen LogP contribution in [0.5, 0.6) is 0 Å². The van der Waals surface area contributed by atoms with E-state index in [9.17, 15) is 9.18 Å². The second-order valence-corrected chi connectivity index (χ2v) is 5.03. The van der Waals surface area contributed by atoms with Gasteiger partial charge in [0, 0.05) is 15.3 Å². The predicted octanol–water partition coefficient (Wildman–Crippen LogP) is 3.39. The van der Waals surface area contributed by atoms with E-state index in [0.717, 1.165) is 9.13 Å². The van der Waals surface area contributed by atoms with Gasteiger partial charge in [-0.15, -0.1) is 0 Å². The van der Waals surface area contributed by atoms with Crippen molar-refractivity contribution in [1.82, 2.24) is 4.98 Å². The molecule has 1 heterocycles. The van der Waals surface area contributed by atoms with Gasteiger partial charge in [0.1, 0.15) is 11.6 Å². The van der Waals surface area contributed by atoms with Crippen molar-refractivity contribution in [3.05, 3.63) is 57.0 Å². The summed E-state index contributed by atoms with van der Waals surface area (Å²) in [6, 6.07) is 7.31. The van der Waals surface area contributed by atoms with Crippen molar-refractivity contribution < 1.29 is 9.18 Å². The number of nitrogens with zero attached hydrogens (tertiary/aromatic N) is 1. The summed E-state index contributed by atoms with van der Waals surface area (Å²) in [5, 5.41) is 2.70. The summed E-state index contributed by atoms with van der Waals surface area (Å²) in [6.45, 7) is 1.87. The number of benzene rings is 1. The Bertz CT molecular complexity index is 584. The fourth-order valence-electron chi connectivity index (χ4n) is 1.45. The molecule has 0 saturated heterocycles. The number of aryl methyl sites for hydroxylation is 1. The highest BCUT2D eigenvalue weighted by atomic mass is 127. The van der Waals surface area contributed by atoms with Gasteiger partial charge < -0.3 is 5.32 Å². The summed E-state index contributed by atoms with van der Waals surface area (Å²) in [5.41, 5.74) is 1.29. The van der Waals surface area contributed by atoms with Gasteiger partial charge in [0.2, 0.25) is 0 Å². The molecule has 0 aliphatic heterocycles. The van der Waals surface area contributed by atoms with Crippen LogP contribution >= 0.6 is 22.6 Å². The molecule has 2 aromatic rings. The van der Waals surface area contributed by atoms with Crippen molar-refractivity contribution in [1.29, 1.82) is 0 Å². The van der Waals surface area contributed by atoms with E-state index in [1.807, 2.05) is 13.0 Å². The molecule has 0 atom stereocenters. The number of pyridine rings is 1. The quantitative estimate of drug-likeness (QED) is 0.839. The first-order valence-corrected chi connectivity index (χ1v) is 6.33. The van der Waals surface area contributed by atoms with E-state index in [1.165, 1.54) is 24.3 Å². The van der Waals surface area contributed by atoms with Crippen molar-refractivity contribution in [3.8, 4) is 0 Å². The molecule has 92 valence electrons. The van der Waals surface area contributed by atoms with Crippen LogP contribution in [0, 0.1) is 16.3 Å². The van der Waals surface area contributed by atoms with Gasteiger partial charge in [0.15, 0.2) is 0 Å². The van der Waals surface area contributed by atoms with Crippen molar-refractivity contribution in [2.75, 3.05) is 5.32 Å². The Morgan fingerprint density at radius 1 is 1.33 bits per heavy atom. The standard InChI is InChI=1S/C13H10FIN2O/c1-8-6-11(15)7-16-12(8)17-13(18)9-2-4-10(14)5-3-9/h2-7H,1H3,(H,16,17,18). The molecular weight excluding hydrogens is 346 g/mol. The van der Waals surface area contributed by atoms with Crippen molar-refractivity contribution in [2.45, 2.75) is 6.92 Å². The van der Waals surface area contributed by atoms with Gasteiger partial charge in [-0.05, 0) is 65.4 Å². The lowest BCUT2D eigenvalue weighted by Crippen LogP contribution is -2.14. The van der Waals surface area contributed by atoms with E-state index in [1.54, 1.807) is 6.20 Å². The normalized spacial score (nSPS) is 10.2. The van der Waals surface area contributed by atoms with Crippen LogP contribution in [-0.4, -0.2) is 10.9 Å². The van der Waals surface area contributed by atoms with Gasteiger partial charge in [-0.25, -0.2) is 9.37 Å². The van der Waals surface area contributed by atoms with Crippen LogP contribution < -0.4 is 5.32 Å². The summed E-state index contributed by atoms with van der Waals surface area (Å²) in [4.78, 5) is 16.0. The van der Waals surface area contributed by atoms with Crippen molar-refractivity contribution >= 4 is 34.3 Å². The lowest BCUT2D eigenvalue weighted by molar-refractivity contribution is 0.102. The number of hydrogen-bond acceptors (Lipinski definition) is 2. The Labute approximate surface area is 118 Å². The van der Waals surface area contributed by atoms with Crippen LogP contribution in [0.15, 0.2) is 36.5 Å². The molecular formula is C13H10FIN2O. The molecule has 0 radical (unpaired) electrons. The average molecular weight is 356 g/mol. The molecule has 0 saturated carbocycles. The van der Waals surface area contributed by atoms with Crippen LogP contribution in [0.3, 0.4) is 0 Å². The highest BCUT2D eigenvalue weighted by Gasteiger charge is 2.08. The molecule has 1 amide bonds. The molecule has 0 fully saturated rings. The smallest absolute Gasteiger partial charge is 0.256 e. The largest absolute Gasteiger partial charge is 0.306 e. The van der Waals surface area contributed by atoms with E-state index in [0.29, 0.717) is 11.4 Å². The number of amides is 1. The van der Waals surface area contributed by atoms with Crippen LogP contribution in [0.1, 0.15) is 15.9 Å². The molecule has 1 aromatic heterocycles. The Morgan fingerprint density at radius 2 is 2.00 bits per heavy atom. The van der Waals surface area contributed by atoms with Gasteiger partial charge in [-0.2, -0.15) is 0 Å². The Balaban J connectivity index is 2.18. The van der Waals surface area contributed by atoms with E-state index >= 15 is 0 Å². The lowest BCUT2D eigenvalue weighted by Gasteiger charge is -2.07. The van der Waals surface area contributed by atoms with Gasteiger partial charge in [0.05, 0.1) is 0 Å². The minimum atomic E-state index is -0.366. The number of aromatic nitrogens is 1. The fraction of sp³-hybridized carbons (Fsp3) is 0.0769. The molecule has 3 nitrogen and oxygen atoms in total. The van der Waals surface area contributed by atoms with E-state index < -0.39 is 0 Å². The Morgan fingerprint density at radius 3 is 2.61 bits per heavy atom. The zero-order chi connectivity index (χ0) is 13.1. The molecule has 1 N–H and O–H groups in total. The topological polar surface area (TPSA) is 42.0 Å². The zero-order valence-electron chi connectivity index (χ0n) is 9.58. The number of anilines is 1. The first kappa shape index (κ1) is 12.9. The zero-order valence-corrected chi connectivity index (χ0v) is 11.7. The van der Waals surface area contributed by atoms with Crippen LogP contribution in [0.4, 0.5) is 10.2 Å². The molecule has 5 heteroatoms. The monoisotopic (exact) mass is 356 g/mol. The number of carbonyl (C=O) groups excluding carboxylic acids is 1. The molecule has 0 aliphatic rings. The molecule has 0 aliphatic carbocycles. The van der Waals surface area contributed by atoms with Crippen molar-refractivity contribution in [2.24, 2.45) is 0 Å². The van der Waals surface area contributed by atoms with E-state index in [2.05, 4.69) is 32.9 Å². The van der Waals surface area contributed by atoms with E-state index in [-0.39, 0.29) is 11.7 Å². The molecule has 18 heavy (non-hydrogen) atoms. The lowest BCUT2D eigenvalue weighted by atomic mass is 10.2. The predicted molar refractivity (Wildman–Crippen MR) is 76.0 cm³/mol. The number of halogens is 2. The third kappa shape index (κ3) is 3.04. The number of rotatable bonds is 2. The molecule has 0 bridgehead atoms. The first-order valence-electron chi connectivity index (χ1n) is 5.25. The maximum atomic E-state index is 12.7. The molecule has 0 unspecified atom stereocenters. The van der Waals surface area contributed by atoms with Gasteiger partial charge in [0.25, 0.3) is 5.91 Å². The number of hydrogen-bond donors (Lipinski definition) is 1. The summed E-state index contributed by atoms with van der Waals surface area (Å²) >= 11 is 2.15. The van der Waals surface area contributed by atoms with Gasteiger partial charge >= 0.3 is 0 Å². The van der Waals surface area contributed by atoms with Crippen LogP contribution in [0.2, 0.25) is 0 Å².